The summed E-state index contributed by atoms with van der Waals surface area (Å²) in [5.74, 6) is 0.0125. The van der Waals surface area contributed by atoms with Crippen molar-refractivity contribution in [2.24, 2.45) is 0 Å². The van der Waals surface area contributed by atoms with Crippen LogP contribution in [0.2, 0.25) is 0 Å². The molecule has 2 fully saturated rings. The Morgan fingerprint density at radius 3 is 2.37 bits per heavy atom. The van der Waals surface area contributed by atoms with Gasteiger partial charge in [0, 0.05) is 32.0 Å². The molecular formula is C14H25N3O2. The van der Waals surface area contributed by atoms with Gasteiger partial charge in [0.05, 0.1) is 0 Å². The topological polar surface area (TPSA) is 52.7 Å². The fraction of sp³-hybridized carbons (Fsp3) is 0.857. The largest absolute Gasteiger partial charge is 0.317 e. The lowest BCUT2D eigenvalue weighted by molar-refractivity contribution is -0.138. The second-order valence-corrected chi connectivity index (χ2v) is 5.46. The maximum atomic E-state index is 11.6. The molecule has 2 heterocycles. The van der Waals surface area contributed by atoms with Gasteiger partial charge in [-0.05, 0) is 38.9 Å². The van der Waals surface area contributed by atoms with Crippen molar-refractivity contribution in [2.45, 2.75) is 45.1 Å². The highest BCUT2D eigenvalue weighted by Gasteiger charge is 2.29. The van der Waals surface area contributed by atoms with Crippen molar-refractivity contribution in [1.29, 1.82) is 0 Å². The third kappa shape index (κ3) is 3.76. The van der Waals surface area contributed by atoms with E-state index >= 15 is 0 Å². The van der Waals surface area contributed by atoms with Crippen LogP contribution in [0.25, 0.3) is 0 Å². The third-order valence-corrected chi connectivity index (χ3v) is 4.10. The molecular weight excluding hydrogens is 242 g/mol. The van der Waals surface area contributed by atoms with Gasteiger partial charge in [-0.3, -0.25) is 19.4 Å². The number of hydrogen-bond donors (Lipinski definition) is 1. The van der Waals surface area contributed by atoms with Crippen molar-refractivity contribution < 1.29 is 9.59 Å². The van der Waals surface area contributed by atoms with Gasteiger partial charge in [0.1, 0.15) is 0 Å². The summed E-state index contributed by atoms with van der Waals surface area (Å²) in [6.45, 7) is 6.79. The van der Waals surface area contributed by atoms with Crippen molar-refractivity contribution in [3.8, 4) is 0 Å². The van der Waals surface area contributed by atoms with Gasteiger partial charge in [0.15, 0.2) is 0 Å². The summed E-state index contributed by atoms with van der Waals surface area (Å²) < 4.78 is 0. The minimum Gasteiger partial charge on any atom is -0.317 e. The van der Waals surface area contributed by atoms with Crippen molar-refractivity contribution in [1.82, 2.24) is 15.1 Å². The van der Waals surface area contributed by atoms with Gasteiger partial charge in [0.25, 0.3) is 0 Å². The van der Waals surface area contributed by atoms with Gasteiger partial charge in [0.2, 0.25) is 11.8 Å². The molecule has 0 unspecified atom stereocenters. The number of carbonyl (C=O) groups excluding carboxylic acids is 2. The first-order valence-corrected chi connectivity index (χ1v) is 7.50. The lowest BCUT2D eigenvalue weighted by Crippen LogP contribution is -2.47. The molecule has 0 bridgehead atoms. The average Bonchev–Trinajstić information content (AvgIpc) is 2.75. The van der Waals surface area contributed by atoms with E-state index in [2.05, 4.69) is 17.1 Å². The number of nitrogens with one attached hydrogen (secondary N) is 1. The lowest BCUT2D eigenvalue weighted by Gasteiger charge is -2.35. The minimum absolute atomic E-state index is 0.00626. The molecule has 5 nitrogen and oxygen atoms in total. The summed E-state index contributed by atoms with van der Waals surface area (Å²) in [6.07, 6.45) is 4.26. The van der Waals surface area contributed by atoms with E-state index in [-0.39, 0.29) is 11.8 Å². The fourth-order valence-electron chi connectivity index (χ4n) is 3.04. The number of imide groups is 1. The number of piperidine rings is 1. The predicted octanol–water partition coefficient (Wildman–Crippen LogP) is 0.599. The highest BCUT2D eigenvalue weighted by molar-refractivity contribution is 6.01. The second kappa shape index (κ2) is 7.01. The molecule has 5 heteroatoms. The zero-order valence-corrected chi connectivity index (χ0v) is 11.9. The van der Waals surface area contributed by atoms with Crippen molar-refractivity contribution in [2.75, 3.05) is 32.7 Å². The number of nitrogens with zero attached hydrogens (tertiary/aromatic N) is 2. The smallest absolute Gasteiger partial charge is 0.229 e. The van der Waals surface area contributed by atoms with Crippen LogP contribution >= 0.6 is 0 Å². The van der Waals surface area contributed by atoms with E-state index in [1.807, 2.05) is 0 Å². The first-order valence-electron chi connectivity index (χ1n) is 7.50. The molecule has 0 saturated carbocycles. The first kappa shape index (κ1) is 14.5. The highest BCUT2D eigenvalue weighted by atomic mass is 16.2. The van der Waals surface area contributed by atoms with Crippen LogP contribution in [0.15, 0.2) is 0 Å². The maximum absolute atomic E-state index is 11.6. The Morgan fingerprint density at radius 1 is 1.16 bits per heavy atom. The molecule has 0 aliphatic carbocycles. The highest BCUT2D eigenvalue weighted by Crippen LogP contribution is 2.15. The molecule has 2 amide bonds. The van der Waals surface area contributed by atoms with Crippen LogP contribution in [0.5, 0.6) is 0 Å². The van der Waals surface area contributed by atoms with E-state index in [4.69, 9.17) is 0 Å². The van der Waals surface area contributed by atoms with Gasteiger partial charge in [-0.2, -0.15) is 0 Å². The molecule has 2 saturated heterocycles. The van der Waals surface area contributed by atoms with Crippen molar-refractivity contribution in [3.05, 3.63) is 0 Å². The Labute approximate surface area is 115 Å². The van der Waals surface area contributed by atoms with E-state index in [0.29, 0.717) is 25.4 Å². The van der Waals surface area contributed by atoms with Crippen LogP contribution in [-0.4, -0.2) is 60.4 Å². The molecule has 0 radical (unpaired) electrons. The lowest BCUT2D eigenvalue weighted by atomic mass is 10.0. The number of likely N-dealkylation sites (tertiary alicyclic amines) is 1. The summed E-state index contributed by atoms with van der Waals surface area (Å²) in [4.78, 5) is 27.1. The molecule has 0 aromatic rings. The normalized spacial score (nSPS) is 21.7. The van der Waals surface area contributed by atoms with Gasteiger partial charge in [-0.25, -0.2) is 0 Å². The van der Waals surface area contributed by atoms with Crippen LogP contribution in [0.1, 0.15) is 39.0 Å². The van der Waals surface area contributed by atoms with Gasteiger partial charge in [-0.15, -0.1) is 0 Å². The number of hydrogen-bond acceptors (Lipinski definition) is 4. The maximum Gasteiger partial charge on any atom is 0.229 e. The van der Waals surface area contributed by atoms with Crippen molar-refractivity contribution in [3.63, 3.8) is 0 Å². The van der Waals surface area contributed by atoms with Gasteiger partial charge >= 0.3 is 0 Å². The monoisotopic (exact) mass is 267 g/mol. The van der Waals surface area contributed by atoms with Crippen LogP contribution in [0.3, 0.4) is 0 Å². The first-order chi connectivity index (χ1) is 9.22. The van der Waals surface area contributed by atoms with E-state index in [1.165, 1.54) is 17.7 Å². The van der Waals surface area contributed by atoms with E-state index < -0.39 is 0 Å². The molecule has 0 atom stereocenters. The standard InChI is InChI=1S/C14H25N3O2/c1-2-9-16(12-5-7-15-8-6-12)10-11-17-13(18)3-4-14(17)19/h12,15H,2-11H2,1H3. The third-order valence-electron chi connectivity index (χ3n) is 4.10. The van der Waals surface area contributed by atoms with Gasteiger partial charge < -0.3 is 5.32 Å². The molecule has 2 aliphatic rings. The molecule has 0 spiro atoms. The Bertz CT molecular complexity index is 311. The average molecular weight is 267 g/mol. The number of carbonyl (C=O) groups is 2. The zero-order chi connectivity index (χ0) is 13.7. The Morgan fingerprint density at radius 2 is 1.79 bits per heavy atom. The summed E-state index contributed by atoms with van der Waals surface area (Å²) in [6, 6.07) is 0.606. The van der Waals surface area contributed by atoms with Crippen molar-refractivity contribution >= 4 is 11.8 Å². The quantitative estimate of drug-likeness (QED) is 0.716. The summed E-state index contributed by atoms with van der Waals surface area (Å²) in [5.41, 5.74) is 0. The summed E-state index contributed by atoms with van der Waals surface area (Å²) in [5, 5.41) is 3.38. The van der Waals surface area contributed by atoms with Gasteiger partial charge in [-0.1, -0.05) is 6.92 Å². The van der Waals surface area contributed by atoms with Crippen LogP contribution in [0, 0.1) is 0 Å². The Kier molecular flexibility index (Phi) is 5.34. The molecule has 1 N–H and O–H groups in total. The molecule has 0 aromatic carbocycles. The molecule has 2 aliphatic heterocycles. The van der Waals surface area contributed by atoms with Crippen LogP contribution < -0.4 is 5.32 Å². The summed E-state index contributed by atoms with van der Waals surface area (Å²) in [7, 11) is 0. The van der Waals surface area contributed by atoms with Crippen LogP contribution in [-0.2, 0) is 9.59 Å². The van der Waals surface area contributed by atoms with Crippen LogP contribution in [0.4, 0.5) is 0 Å². The molecule has 0 aromatic heterocycles. The molecule has 2 rings (SSSR count). The molecule has 19 heavy (non-hydrogen) atoms. The SMILES string of the molecule is CCCN(CCN1C(=O)CCC1=O)C1CCNCC1. The Hall–Kier alpha value is -0.940. The zero-order valence-electron chi connectivity index (χ0n) is 11.9. The number of rotatable bonds is 6. The number of amides is 2. The Balaban J connectivity index is 1.85. The van der Waals surface area contributed by atoms with E-state index in [0.717, 1.165) is 32.6 Å². The van der Waals surface area contributed by atoms with E-state index in [9.17, 15) is 9.59 Å². The summed E-state index contributed by atoms with van der Waals surface area (Å²) >= 11 is 0. The second-order valence-electron chi connectivity index (χ2n) is 5.46. The fourth-order valence-corrected chi connectivity index (χ4v) is 3.04. The van der Waals surface area contributed by atoms with E-state index in [1.54, 1.807) is 0 Å². The molecule has 108 valence electrons. The predicted molar refractivity (Wildman–Crippen MR) is 73.7 cm³/mol. The minimum atomic E-state index is 0.00626.